The van der Waals surface area contributed by atoms with Crippen LogP contribution in [-0.2, 0) is 11.8 Å². The number of nitrogens with zero attached hydrogens (tertiary/aromatic N) is 2. The van der Waals surface area contributed by atoms with E-state index in [4.69, 9.17) is 5.11 Å². The Morgan fingerprint density at radius 2 is 2.11 bits per heavy atom. The highest BCUT2D eigenvalue weighted by molar-refractivity contribution is 5.94. The summed E-state index contributed by atoms with van der Waals surface area (Å²) in [6.45, 7) is 5.50. The van der Waals surface area contributed by atoms with Crippen LogP contribution in [0.1, 0.15) is 36.5 Å². The lowest BCUT2D eigenvalue weighted by atomic mass is 10.0. The molecule has 18 heavy (non-hydrogen) atoms. The van der Waals surface area contributed by atoms with Gasteiger partial charge in [0.25, 0.3) is 5.91 Å². The molecule has 0 bridgehead atoms. The lowest BCUT2D eigenvalue weighted by Crippen LogP contribution is -2.41. The van der Waals surface area contributed by atoms with Crippen molar-refractivity contribution >= 4 is 11.9 Å². The molecule has 1 rings (SSSR count). The van der Waals surface area contributed by atoms with Crippen LogP contribution in [0.3, 0.4) is 0 Å². The van der Waals surface area contributed by atoms with Crippen molar-refractivity contribution in [2.45, 2.75) is 33.2 Å². The topological polar surface area (TPSA) is 84.2 Å². The summed E-state index contributed by atoms with van der Waals surface area (Å²) >= 11 is 0. The van der Waals surface area contributed by atoms with Gasteiger partial charge in [0.05, 0.1) is 18.4 Å². The molecule has 0 fully saturated rings. The van der Waals surface area contributed by atoms with Crippen molar-refractivity contribution in [3.05, 3.63) is 17.7 Å². The summed E-state index contributed by atoms with van der Waals surface area (Å²) in [6, 6.07) is -0.385. The van der Waals surface area contributed by atoms with Gasteiger partial charge < -0.3 is 15.0 Å². The zero-order valence-corrected chi connectivity index (χ0v) is 11.1. The molecular weight excluding hydrogens is 234 g/mol. The molecule has 0 saturated carbocycles. The number of hydrogen-bond donors (Lipinski definition) is 2. The van der Waals surface area contributed by atoms with Gasteiger partial charge in [-0.15, -0.1) is 0 Å². The predicted octanol–water partition coefficient (Wildman–Crippen LogP) is 0.958. The Bertz CT molecular complexity index is 432. The fourth-order valence-electron chi connectivity index (χ4n) is 1.75. The summed E-state index contributed by atoms with van der Waals surface area (Å²) < 4.78 is 1.63. The molecule has 1 atom stereocenters. The van der Waals surface area contributed by atoms with E-state index in [1.54, 1.807) is 24.9 Å². The summed E-state index contributed by atoms with van der Waals surface area (Å²) in [6.07, 6.45) is 1.48. The number of carbonyl (C=O) groups excluding carboxylic acids is 1. The van der Waals surface area contributed by atoms with Gasteiger partial charge in [-0.1, -0.05) is 13.8 Å². The van der Waals surface area contributed by atoms with Crippen LogP contribution in [0.5, 0.6) is 0 Å². The van der Waals surface area contributed by atoms with Gasteiger partial charge in [-0.2, -0.15) is 0 Å². The third kappa shape index (κ3) is 3.32. The Balaban J connectivity index is 2.82. The first kappa shape index (κ1) is 14.2. The largest absolute Gasteiger partial charge is 0.481 e. The average molecular weight is 253 g/mol. The SMILES string of the molecule is Cc1ncn(C)c1C(=O)NC(CC(=O)O)C(C)C. The van der Waals surface area contributed by atoms with Crippen molar-refractivity contribution in [2.24, 2.45) is 13.0 Å². The molecule has 1 heterocycles. The van der Waals surface area contributed by atoms with Crippen LogP contribution in [0.25, 0.3) is 0 Å². The number of carboxylic acids is 1. The van der Waals surface area contributed by atoms with Crippen molar-refractivity contribution in [3.63, 3.8) is 0 Å². The highest BCUT2D eigenvalue weighted by Crippen LogP contribution is 2.10. The summed E-state index contributed by atoms with van der Waals surface area (Å²) in [5.74, 6) is -1.15. The number of imidazole rings is 1. The van der Waals surface area contributed by atoms with Gasteiger partial charge in [0, 0.05) is 13.1 Å². The van der Waals surface area contributed by atoms with Crippen LogP contribution in [-0.4, -0.2) is 32.6 Å². The minimum absolute atomic E-state index is 0.0542. The van der Waals surface area contributed by atoms with E-state index in [1.165, 1.54) is 0 Å². The highest BCUT2D eigenvalue weighted by Gasteiger charge is 2.22. The molecule has 1 aromatic heterocycles. The number of hydrogen-bond acceptors (Lipinski definition) is 3. The molecule has 1 amide bonds. The van der Waals surface area contributed by atoms with Gasteiger partial charge in [0.2, 0.25) is 0 Å². The maximum absolute atomic E-state index is 12.1. The number of aromatic nitrogens is 2. The summed E-state index contributed by atoms with van der Waals surface area (Å²) in [4.78, 5) is 26.9. The average Bonchev–Trinajstić information content (AvgIpc) is 2.56. The second kappa shape index (κ2) is 5.66. The van der Waals surface area contributed by atoms with Crippen LogP contribution in [0, 0.1) is 12.8 Å². The molecule has 0 saturated heterocycles. The molecule has 1 aromatic rings. The van der Waals surface area contributed by atoms with E-state index < -0.39 is 5.97 Å². The molecule has 0 radical (unpaired) electrons. The molecule has 100 valence electrons. The van der Waals surface area contributed by atoms with Crippen LogP contribution < -0.4 is 5.32 Å². The van der Waals surface area contributed by atoms with E-state index in [1.807, 2.05) is 13.8 Å². The lowest BCUT2D eigenvalue weighted by molar-refractivity contribution is -0.137. The van der Waals surface area contributed by atoms with Crippen molar-refractivity contribution in [1.29, 1.82) is 0 Å². The van der Waals surface area contributed by atoms with E-state index in [0.29, 0.717) is 11.4 Å². The van der Waals surface area contributed by atoms with Crippen molar-refractivity contribution in [2.75, 3.05) is 0 Å². The minimum atomic E-state index is -0.921. The summed E-state index contributed by atoms with van der Waals surface area (Å²) in [5, 5.41) is 11.6. The van der Waals surface area contributed by atoms with Gasteiger partial charge in [-0.3, -0.25) is 9.59 Å². The van der Waals surface area contributed by atoms with E-state index >= 15 is 0 Å². The normalized spacial score (nSPS) is 12.5. The minimum Gasteiger partial charge on any atom is -0.481 e. The van der Waals surface area contributed by atoms with Crippen molar-refractivity contribution < 1.29 is 14.7 Å². The van der Waals surface area contributed by atoms with Gasteiger partial charge >= 0.3 is 5.97 Å². The van der Waals surface area contributed by atoms with Gasteiger partial charge in [-0.05, 0) is 12.8 Å². The molecule has 0 aliphatic carbocycles. The molecule has 0 spiro atoms. The summed E-state index contributed by atoms with van der Waals surface area (Å²) in [7, 11) is 1.73. The molecule has 2 N–H and O–H groups in total. The Hall–Kier alpha value is -1.85. The fraction of sp³-hybridized carbons (Fsp3) is 0.583. The van der Waals surface area contributed by atoms with Gasteiger partial charge in [0.1, 0.15) is 5.69 Å². The number of rotatable bonds is 5. The molecular formula is C12H19N3O3. The number of carboxylic acid groups (broad SMARTS) is 1. The monoisotopic (exact) mass is 253 g/mol. The summed E-state index contributed by atoms with van der Waals surface area (Å²) in [5.41, 5.74) is 1.10. The first-order valence-corrected chi connectivity index (χ1v) is 5.83. The Labute approximate surface area is 106 Å². The first-order valence-electron chi connectivity index (χ1n) is 5.83. The van der Waals surface area contributed by atoms with Crippen LogP contribution in [0.4, 0.5) is 0 Å². The standard InChI is InChI=1S/C12H19N3O3/c1-7(2)9(5-10(16)17)14-12(18)11-8(3)13-6-15(11)4/h6-7,9H,5H2,1-4H3,(H,14,18)(H,16,17). The van der Waals surface area contributed by atoms with Crippen molar-refractivity contribution in [1.82, 2.24) is 14.9 Å². The number of nitrogens with one attached hydrogen (secondary N) is 1. The highest BCUT2D eigenvalue weighted by atomic mass is 16.4. The van der Waals surface area contributed by atoms with Crippen LogP contribution >= 0.6 is 0 Å². The maximum atomic E-state index is 12.1. The Morgan fingerprint density at radius 3 is 2.50 bits per heavy atom. The van der Waals surface area contributed by atoms with Gasteiger partial charge in [0.15, 0.2) is 0 Å². The Kier molecular flexibility index (Phi) is 4.47. The molecule has 1 unspecified atom stereocenters. The second-order valence-corrected chi connectivity index (χ2v) is 4.71. The lowest BCUT2D eigenvalue weighted by Gasteiger charge is -2.20. The van der Waals surface area contributed by atoms with Gasteiger partial charge in [-0.25, -0.2) is 4.98 Å². The molecule has 0 aliphatic heterocycles. The van der Waals surface area contributed by atoms with Crippen LogP contribution in [0.15, 0.2) is 6.33 Å². The Morgan fingerprint density at radius 1 is 1.50 bits per heavy atom. The first-order chi connectivity index (χ1) is 8.32. The van der Waals surface area contributed by atoms with Crippen LogP contribution in [0.2, 0.25) is 0 Å². The quantitative estimate of drug-likeness (QED) is 0.818. The molecule has 0 aromatic carbocycles. The van der Waals surface area contributed by atoms with E-state index in [9.17, 15) is 9.59 Å². The zero-order chi connectivity index (χ0) is 13.9. The fourth-order valence-corrected chi connectivity index (χ4v) is 1.75. The van der Waals surface area contributed by atoms with E-state index in [0.717, 1.165) is 0 Å². The van der Waals surface area contributed by atoms with E-state index in [-0.39, 0.29) is 24.3 Å². The van der Waals surface area contributed by atoms with E-state index in [2.05, 4.69) is 10.3 Å². The second-order valence-electron chi connectivity index (χ2n) is 4.71. The smallest absolute Gasteiger partial charge is 0.305 e. The maximum Gasteiger partial charge on any atom is 0.305 e. The molecule has 0 aliphatic rings. The number of aryl methyl sites for hydroxylation is 2. The number of aliphatic carboxylic acids is 1. The molecule has 6 nitrogen and oxygen atoms in total. The number of carbonyl (C=O) groups is 2. The zero-order valence-electron chi connectivity index (χ0n) is 11.1. The number of amides is 1. The van der Waals surface area contributed by atoms with Crippen molar-refractivity contribution in [3.8, 4) is 0 Å². The predicted molar refractivity (Wildman–Crippen MR) is 66.3 cm³/mol. The third-order valence-corrected chi connectivity index (χ3v) is 2.85. The molecule has 6 heteroatoms. The third-order valence-electron chi connectivity index (χ3n) is 2.85.